The minimum Gasteiger partial charge on any atom is -0.357 e. The van der Waals surface area contributed by atoms with Crippen molar-refractivity contribution in [3.05, 3.63) is 67.6 Å². The van der Waals surface area contributed by atoms with Crippen LogP contribution in [0.4, 0.5) is 0 Å². The molecule has 1 N–H and O–H groups in total. The van der Waals surface area contributed by atoms with Crippen LogP contribution in [0.25, 0.3) is 0 Å². The Labute approximate surface area is 184 Å². The number of rotatable bonds is 7. The molecule has 0 heterocycles. The quantitative estimate of drug-likeness (QED) is 0.600. The van der Waals surface area contributed by atoms with Gasteiger partial charge in [0.2, 0.25) is 11.8 Å². The van der Waals surface area contributed by atoms with Gasteiger partial charge in [-0.25, -0.2) is 0 Å². The summed E-state index contributed by atoms with van der Waals surface area (Å²) in [5.74, 6) is -0.463. The summed E-state index contributed by atoms with van der Waals surface area (Å²) in [7, 11) is 1.54. The first-order valence-electron chi connectivity index (χ1n) is 8.65. The third-order valence-electron chi connectivity index (χ3n) is 4.33. The second-order valence-electron chi connectivity index (χ2n) is 6.22. The summed E-state index contributed by atoms with van der Waals surface area (Å²) in [6.07, 6.45) is 0.535. The maximum absolute atomic E-state index is 13.1. The van der Waals surface area contributed by atoms with E-state index in [4.69, 9.17) is 46.4 Å². The fourth-order valence-corrected chi connectivity index (χ4v) is 3.63. The van der Waals surface area contributed by atoms with Gasteiger partial charge in [0.1, 0.15) is 6.04 Å². The van der Waals surface area contributed by atoms with Crippen molar-refractivity contribution in [3.63, 3.8) is 0 Å². The highest BCUT2D eigenvalue weighted by Crippen LogP contribution is 2.26. The molecule has 0 bridgehead atoms. The molecule has 2 aromatic rings. The first-order valence-corrected chi connectivity index (χ1v) is 10.2. The smallest absolute Gasteiger partial charge is 0.242 e. The third-order valence-corrected chi connectivity index (χ3v) is 5.65. The zero-order valence-electron chi connectivity index (χ0n) is 15.4. The van der Waals surface area contributed by atoms with Gasteiger partial charge in [0.25, 0.3) is 0 Å². The van der Waals surface area contributed by atoms with E-state index in [1.54, 1.807) is 43.4 Å². The fraction of sp³-hybridized carbons (Fsp3) is 0.300. The topological polar surface area (TPSA) is 49.4 Å². The van der Waals surface area contributed by atoms with E-state index >= 15 is 0 Å². The number of halogens is 4. The molecule has 28 heavy (non-hydrogen) atoms. The normalized spacial score (nSPS) is 11.8. The van der Waals surface area contributed by atoms with Crippen molar-refractivity contribution in [1.82, 2.24) is 10.2 Å². The van der Waals surface area contributed by atoms with Gasteiger partial charge in [-0.1, -0.05) is 65.5 Å². The van der Waals surface area contributed by atoms with Crippen LogP contribution in [-0.4, -0.2) is 29.8 Å². The Morgan fingerprint density at radius 3 is 2.29 bits per heavy atom. The number of likely N-dealkylation sites (N-methyl/N-ethyl adjacent to an activating group) is 1. The molecular weight excluding hydrogens is 442 g/mol. The number of carbonyl (C=O) groups is 2. The van der Waals surface area contributed by atoms with E-state index in [9.17, 15) is 9.59 Å². The van der Waals surface area contributed by atoms with Crippen molar-refractivity contribution in [3.8, 4) is 0 Å². The van der Waals surface area contributed by atoms with Gasteiger partial charge >= 0.3 is 0 Å². The standard InChI is InChI=1S/C20H20Cl4N2O2/c1-3-18(20(28)25-2)26(11-13-5-6-14(21)10-16(13)23)19(27)9-12-4-7-15(22)17(24)8-12/h4-8,10,18H,3,9,11H2,1-2H3,(H,25,28)/t18-/m1/s1. The molecule has 2 amide bonds. The molecule has 0 aliphatic carbocycles. The van der Waals surface area contributed by atoms with Crippen LogP contribution in [-0.2, 0) is 22.6 Å². The van der Waals surface area contributed by atoms with E-state index in [-0.39, 0.29) is 24.8 Å². The van der Waals surface area contributed by atoms with Crippen LogP contribution in [0, 0.1) is 0 Å². The van der Waals surface area contributed by atoms with Crippen LogP contribution in [0.3, 0.4) is 0 Å². The average molecular weight is 462 g/mol. The lowest BCUT2D eigenvalue weighted by atomic mass is 10.1. The van der Waals surface area contributed by atoms with Crippen LogP contribution in [0.2, 0.25) is 20.1 Å². The zero-order chi connectivity index (χ0) is 20.8. The molecule has 1 atom stereocenters. The Kier molecular flexibility index (Phi) is 8.44. The number of nitrogens with zero attached hydrogens (tertiary/aromatic N) is 1. The number of hydrogen-bond acceptors (Lipinski definition) is 2. The van der Waals surface area contributed by atoms with Crippen molar-refractivity contribution in [1.29, 1.82) is 0 Å². The van der Waals surface area contributed by atoms with Gasteiger partial charge in [-0.05, 0) is 41.8 Å². The van der Waals surface area contributed by atoms with Crippen LogP contribution in [0.5, 0.6) is 0 Å². The lowest BCUT2D eigenvalue weighted by Crippen LogP contribution is -2.48. The van der Waals surface area contributed by atoms with Crippen LogP contribution in [0.1, 0.15) is 24.5 Å². The summed E-state index contributed by atoms with van der Waals surface area (Å²) >= 11 is 24.2. The Hall–Kier alpha value is -1.46. The number of carbonyl (C=O) groups excluding carboxylic acids is 2. The number of amides is 2. The first-order chi connectivity index (χ1) is 13.3. The Balaban J connectivity index is 2.34. The zero-order valence-corrected chi connectivity index (χ0v) is 18.5. The molecule has 2 rings (SSSR count). The summed E-state index contributed by atoms with van der Waals surface area (Å²) in [5, 5.41) is 4.34. The molecule has 0 saturated heterocycles. The highest BCUT2D eigenvalue weighted by molar-refractivity contribution is 6.42. The molecule has 0 aliphatic rings. The van der Waals surface area contributed by atoms with Gasteiger partial charge in [-0.2, -0.15) is 0 Å². The summed E-state index contributed by atoms with van der Waals surface area (Å²) in [5.41, 5.74) is 1.41. The predicted octanol–water partition coefficient (Wildman–Crippen LogP) is 5.40. The van der Waals surface area contributed by atoms with Crippen molar-refractivity contribution >= 4 is 58.2 Å². The highest BCUT2D eigenvalue weighted by Gasteiger charge is 2.28. The Bertz CT molecular complexity index is 873. The van der Waals surface area contributed by atoms with Gasteiger partial charge in [-0.3, -0.25) is 9.59 Å². The lowest BCUT2D eigenvalue weighted by molar-refractivity contribution is -0.140. The molecule has 0 radical (unpaired) electrons. The molecule has 0 saturated carbocycles. The molecule has 0 unspecified atom stereocenters. The summed E-state index contributed by atoms with van der Waals surface area (Å²) in [6, 6.07) is 9.46. The molecular formula is C20H20Cl4N2O2. The van der Waals surface area contributed by atoms with Gasteiger partial charge in [0.15, 0.2) is 0 Å². The maximum Gasteiger partial charge on any atom is 0.242 e. The number of benzene rings is 2. The minimum absolute atomic E-state index is 0.0790. The van der Waals surface area contributed by atoms with Crippen LogP contribution < -0.4 is 5.32 Å². The van der Waals surface area contributed by atoms with E-state index < -0.39 is 6.04 Å². The first kappa shape index (κ1) is 22.8. The number of nitrogens with one attached hydrogen (secondary N) is 1. The second kappa shape index (κ2) is 10.4. The van der Waals surface area contributed by atoms with Crippen molar-refractivity contribution in [2.75, 3.05) is 7.05 Å². The van der Waals surface area contributed by atoms with Crippen molar-refractivity contribution < 1.29 is 9.59 Å². The maximum atomic E-state index is 13.1. The summed E-state index contributed by atoms with van der Waals surface area (Å²) in [6.45, 7) is 2.03. The van der Waals surface area contributed by atoms with Gasteiger partial charge in [0, 0.05) is 23.6 Å². The minimum atomic E-state index is -0.632. The third kappa shape index (κ3) is 5.77. The van der Waals surface area contributed by atoms with Crippen molar-refractivity contribution in [2.45, 2.75) is 32.4 Å². The monoisotopic (exact) mass is 460 g/mol. The number of hydrogen-bond donors (Lipinski definition) is 1. The molecule has 4 nitrogen and oxygen atoms in total. The Morgan fingerprint density at radius 1 is 1.00 bits per heavy atom. The molecule has 0 spiro atoms. The predicted molar refractivity (Wildman–Crippen MR) is 115 cm³/mol. The molecule has 0 fully saturated rings. The largest absolute Gasteiger partial charge is 0.357 e. The summed E-state index contributed by atoms with van der Waals surface area (Å²) in [4.78, 5) is 27.0. The van der Waals surface area contributed by atoms with E-state index in [1.807, 2.05) is 6.92 Å². The Morgan fingerprint density at radius 2 is 1.71 bits per heavy atom. The van der Waals surface area contributed by atoms with E-state index in [1.165, 1.54) is 4.90 Å². The van der Waals surface area contributed by atoms with E-state index in [2.05, 4.69) is 5.32 Å². The highest BCUT2D eigenvalue weighted by atomic mass is 35.5. The van der Waals surface area contributed by atoms with Gasteiger partial charge in [0.05, 0.1) is 16.5 Å². The molecule has 0 aromatic heterocycles. The molecule has 150 valence electrons. The van der Waals surface area contributed by atoms with Gasteiger partial charge in [-0.15, -0.1) is 0 Å². The SMILES string of the molecule is CC[C@H](C(=O)NC)N(Cc1ccc(Cl)cc1Cl)C(=O)Cc1ccc(Cl)c(Cl)c1. The molecule has 8 heteroatoms. The van der Waals surface area contributed by atoms with Crippen molar-refractivity contribution in [2.24, 2.45) is 0 Å². The molecule has 2 aromatic carbocycles. The molecule has 0 aliphatic heterocycles. The van der Waals surface area contributed by atoms with E-state index in [0.717, 1.165) is 0 Å². The fourth-order valence-electron chi connectivity index (χ4n) is 2.85. The lowest BCUT2D eigenvalue weighted by Gasteiger charge is -2.30. The van der Waals surface area contributed by atoms with E-state index in [0.29, 0.717) is 37.6 Å². The average Bonchev–Trinajstić information content (AvgIpc) is 2.65. The van der Waals surface area contributed by atoms with Crippen LogP contribution >= 0.6 is 46.4 Å². The summed E-state index contributed by atoms with van der Waals surface area (Å²) < 4.78 is 0. The van der Waals surface area contributed by atoms with Gasteiger partial charge < -0.3 is 10.2 Å². The second-order valence-corrected chi connectivity index (χ2v) is 7.88. The van der Waals surface area contributed by atoms with Crippen LogP contribution in [0.15, 0.2) is 36.4 Å².